The van der Waals surface area contributed by atoms with Gasteiger partial charge >= 0.3 is 0 Å². The minimum atomic E-state index is 0.246. The van der Waals surface area contributed by atoms with E-state index >= 15 is 0 Å². The van der Waals surface area contributed by atoms with Crippen LogP contribution in [-0.2, 0) is 4.79 Å². The van der Waals surface area contributed by atoms with Crippen LogP contribution in [0.1, 0.15) is 25.7 Å². The SMILES string of the molecule is NC1CN(C(=O)CC2CCC2)C1. The van der Waals surface area contributed by atoms with E-state index < -0.39 is 0 Å². The molecule has 0 radical (unpaired) electrons. The fourth-order valence-corrected chi connectivity index (χ4v) is 1.79. The maximum Gasteiger partial charge on any atom is 0.222 e. The van der Waals surface area contributed by atoms with Crippen LogP contribution < -0.4 is 5.73 Å². The second kappa shape index (κ2) is 3.05. The van der Waals surface area contributed by atoms with E-state index in [0.29, 0.717) is 11.8 Å². The van der Waals surface area contributed by atoms with Gasteiger partial charge in [-0.25, -0.2) is 0 Å². The van der Waals surface area contributed by atoms with Crippen LogP contribution in [0.4, 0.5) is 0 Å². The zero-order chi connectivity index (χ0) is 8.55. The van der Waals surface area contributed by atoms with Crippen LogP contribution in [0.2, 0.25) is 0 Å². The lowest BCUT2D eigenvalue weighted by Crippen LogP contribution is -2.58. The van der Waals surface area contributed by atoms with Crippen LogP contribution >= 0.6 is 0 Å². The standard InChI is InChI=1S/C9H16N2O/c10-8-5-11(6-8)9(12)4-7-2-1-3-7/h7-8H,1-6,10H2. The number of hydrogen-bond acceptors (Lipinski definition) is 2. The smallest absolute Gasteiger partial charge is 0.222 e. The molecule has 3 heteroatoms. The summed E-state index contributed by atoms with van der Waals surface area (Å²) in [4.78, 5) is 13.3. The number of carbonyl (C=O) groups is 1. The third-order valence-electron chi connectivity index (χ3n) is 2.95. The summed E-state index contributed by atoms with van der Waals surface area (Å²) in [5, 5.41) is 0. The van der Waals surface area contributed by atoms with Gasteiger partial charge < -0.3 is 10.6 Å². The van der Waals surface area contributed by atoms with Crippen LogP contribution in [0.3, 0.4) is 0 Å². The van der Waals surface area contributed by atoms with Crippen LogP contribution in [0, 0.1) is 5.92 Å². The molecule has 1 aliphatic carbocycles. The van der Waals surface area contributed by atoms with Crippen molar-refractivity contribution >= 4 is 5.91 Å². The summed E-state index contributed by atoms with van der Waals surface area (Å²) in [6.07, 6.45) is 4.60. The largest absolute Gasteiger partial charge is 0.339 e. The first-order valence-corrected chi connectivity index (χ1v) is 4.79. The van der Waals surface area contributed by atoms with Gasteiger partial charge in [-0.3, -0.25) is 4.79 Å². The molecule has 0 aromatic carbocycles. The maximum absolute atomic E-state index is 11.4. The lowest BCUT2D eigenvalue weighted by Gasteiger charge is -2.38. The van der Waals surface area contributed by atoms with Gasteiger partial charge in [-0.05, 0) is 18.8 Å². The monoisotopic (exact) mass is 168 g/mol. The van der Waals surface area contributed by atoms with Gasteiger partial charge in [-0.1, -0.05) is 6.42 Å². The number of amides is 1. The van der Waals surface area contributed by atoms with E-state index in [2.05, 4.69) is 0 Å². The Labute approximate surface area is 72.9 Å². The molecule has 0 bridgehead atoms. The van der Waals surface area contributed by atoms with Crippen molar-refractivity contribution in [1.82, 2.24) is 4.90 Å². The van der Waals surface area contributed by atoms with Crippen LogP contribution in [-0.4, -0.2) is 29.9 Å². The lowest BCUT2D eigenvalue weighted by atomic mass is 9.82. The predicted molar refractivity (Wildman–Crippen MR) is 46.5 cm³/mol. The van der Waals surface area contributed by atoms with Gasteiger partial charge in [0.15, 0.2) is 0 Å². The summed E-state index contributed by atoms with van der Waals surface area (Å²) in [7, 11) is 0. The molecule has 1 saturated heterocycles. The van der Waals surface area contributed by atoms with Crippen molar-refractivity contribution in [2.75, 3.05) is 13.1 Å². The summed E-state index contributed by atoms with van der Waals surface area (Å²) in [5.74, 6) is 1.01. The predicted octanol–water partition coefficient (Wildman–Crippen LogP) is 0.346. The number of nitrogens with two attached hydrogens (primary N) is 1. The highest BCUT2D eigenvalue weighted by Gasteiger charge is 2.30. The van der Waals surface area contributed by atoms with E-state index in [9.17, 15) is 4.79 Å². The van der Waals surface area contributed by atoms with Gasteiger partial charge in [-0.2, -0.15) is 0 Å². The average molecular weight is 168 g/mol. The summed E-state index contributed by atoms with van der Waals surface area (Å²) in [6.45, 7) is 1.57. The Morgan fingerprint density at radius 3 is 2.50 bits per heavy atom. The number of likely N-dealkylation sites (tertiary alicyclic amines) is 1. The first kappa shape index (κ1) is 8.05. The molecule has 1 saturated carbocycles. The van der Waals surface area contributed by atoms with Gasteiger partial charge in [0.25, 0.3) is 0 Å². The second-order valence-corrected chi connectivity index (χ2v) is 4.06. The van der Waals surface area contributed by atoms with E-state index in [1.165, 1.54) is 19.3 Å². The average Bonchev–Trinajstić information content (AvgIpc) is 1.90. The first-order chi connectivity index (χ1) is 5.75. The molecule has 1 heterocycles. The Morgan fingerprint density at radius 2 is 2.08 bits per heavy atom. The summed E-state index contributed by atoms with van der Waals surface area (Å²) in [5.41, 5.74) is 5.59. The van der Waals surface area contributed by atoms with Gasteiger partial charge in [0.05, 0.1) is 0 Å². The van der Waals surface area contributed by atoms with E-state index in [1.807, 2.05) is 4.90 Å². The number of hydrogen-bond donors (Lipinski definition) is 1. The molecule has 0 aromatic heterocycles. The molecule has 68 valence electrons. The van der Waals surface area contributed by atoms with Gasteiger partial charge in [0.1, 0.15) is 0 Å². The van der Waals surface area contributed by atoms with Crippen molar-refractivity contribution in [3.05, 3.63) is 0 Å². The molecule has 2 fully saturated rings. The molecule has 0 unspecified atom stereocenters. The normalized spacial score (nSPS) is 24.9. The topological polar surface area (TPSA) is 46.3 Å². The third kappa shape index (κ3) is 1.46. The Balaban J connectivity index is 1.70. The Kier molecular flexibility index (Phi) is 2.05. The summed E-state index contributed by atoms with van der Waals surface area (Å²) >= 11 is 0. The minimum absolute atomic E-state index is 0.246. The zero-order valence-electron chi connectivity index (χ0n) is 7.33. The number of nitrogens with zero attached hydrogens (tertiary/aromatic N) is 1. The molecule has 0 spiro atoms. The Hall–Kier alpha value is -0.570. The van der Waals surface area contributed by atoms with E-state index in [-0.39, 0.29) is 6.04 Å². The van der Waals surface area contributed by atoms with Crippen molar-refractivity contribution in [1.29, 1.82) is 0 Å². The Morgan fingerprint density at radius 1 is 1.42 bits per heavy atom. The summed E-state index contributed by atoms with van der Waals surface area (Å²) < 4.78 is 0. The van der Waals surface area contributed by atoms with Gasteiger partial charge in [0, 0.05) is 25.6 Å². The highest BCUT2D eigenvalue weighted by Crippen LogP contribution is 2.30. The van der Waals surface area contributed by atoms with E-state index in [0.717, 1.165) is 19.5 Å². The molecule has 2 rings (SSSR count). The van der Waals surface area contributed by atoms with Gasteiger partial charge in [0.2, 0.25) is 5.91 Å². The third-order valence-corrected chi connectivity index (χ3v) is 2.95. The molecule has 2 aliphatic rings. The zero-order valence-corrected chi connectivity index (χ0v) is 7.33. The molecule has 1 amide bonds. The molecular formula is C9H16N2O. The highest BCUT2D eigenvalue weighted by molar-refractivity contribution is 5.77. The maximum atomic E-state index is 11.4. The fraction of sp³-hybridized carbons (Fsp3) is 0.889. The first-order valence-electron chi connectivity index (χ1n) is 4.79. The van der Waals surface area contributed by atoms with E-state index in [4.69, 9.17) is 5.73 Å². The summed E-state index contributed by atoms with van der Waals surface area (Å²) in [6, 6.07) is 0.246. The highest BCUT2D eigenvalue weighted by atomic mass is 16.2. The van der Waals surface area contributed by atoms with E-state index in [1.54, 1.807) is 0 Å². The van der Waals surface area contributed by atoms with Crippen molar-refractivity contribution in [2.24, 2.45) is 11.7 Å². The van der Waals surface area contributed by atoms with Gasteiger partial charge in [-0.15, -0.1) is 0 Å². The number of carbonyl (C=O) groups excluding carboxylic acids is 1. The number of rotatable bonds is 2. The van der Waals surface area contributed by atoms with Crippen molar-refractivity contribution in [3.63, 3.8) is 0 Å². The fourth-order valence-electron chi connectivity index (χ4n) is 1.79. The molecule has 1 aliphatic heterocycles. The minimum Gasteiger partial charge on any atom is -0.339 e. The molecule has 0 atom stereocenters. The van der Waals surface area contributed by atoms with Crippen LogP contribution in [0.5, 0.6) is 0 Å². The van der Waals surface area contributed by atoms with Crippen molar-refractivity contribution < 1.29 is 4.79 Å². The molecule has 0 aromatic rings. The van der Waals surface area contributed by atoms with Crippen molar-refractivity contribution in [2.45, 2.75) is 31.7 Å². The van der Waals surface area contributed by atoms with Crippen LogP contribution in [0.15, 0.2) is 0 Å². The molecule has 12 heavy (non-hydrogen) atoms. The molecule has 3 nitrogen and oxygen atoms in total. The van der Waals surface area contributed by atoms with Crippen LogP contribution in [0.25, 0.3) is 0 Å². The quantitative estimate of drug-likeness (QED) is 0.646. The van der Waals surface area contributed by atoms with Crippen molar-refractivity contribution in [3.8, 4) is 0 Å². The second-order valence-electron chi connectivity index (χ2n) is 4.06. The molecular weight excluding hydrogens is 152 g/mol. The molecule has 2 N–H and O–H groups in total. The lowest BCUT2D eigenvalue weighted by molar-refractivity contribution is -0.137. The Bertz CT molecular complexity index is 183.